The highest BCUT2D eigenvalue weighted by Crippen LogP contribution is 2.21. The Morgan fingerprint density at radius 3 is 2.38 bits per heavy atom. The van der Waals surface area contributed by atoms with Gasteiger partial charge in [-0.2, -0.15) is 23.1 Å². The van der Waals surface area contributed by atoms with Crippen molar-refractivity contribution in [3.8, 4) is 11.8 Å². The van der Waals surface area contributed by atoms with E-state index in [0.29, 0.717) is 23.7 Å². The van der Waals surface area contributed by atoms with Crippen molar-refractivity contribution in [2.75, 3.05) is 36.4 Å². The lowest BCUT2D eigenvalue weighted by atomic mass is 10.4. The third-order valence-corrected chi connectivity index (χ3v) is 4.44. The van der Waals surface area contributed by atoms with Crippen molar-refractivity contribution in [3.05, 3.63) is 10.4 Å². The molecule has 0 aliphatic carbocycles. The van der Waals surface area contributed by atoms with Gasteiger partial charge in [0.2, 0.25) is 11.9 Å². The van der Waals surface area contributed by atoms with Gasteiger partial charge < -0.3 is 20.6 Å². The standard InChI is InChI=1S/C17H25N7O.C2HF3O2/c1-5-6-9-24-13-14(21-17(24)23-10-7-18-8-11-23)20-16(19-12(2)3)22(4)15(13)25;3-2(4,5)1(6)7/h12,18H,7-11H2,1-4H3,(H,19,20);(H,6,7). The number of piperazine rings is 1. The fraction of sp³-hybridized carbons (Fsp3) is 0.579. The summed E-state index contributed by atoms with van der Waals surface area (Å²) < 4.78 is 35.2. The predicted molar refractivity (Wildman–Crippen MR) is 114 cm³/mol. The van der Waals surface area contributed by atoms with Crippen molar-refractivity contribution in [1.29, 1.82) is 0 Å². The minimum absolute atomic E-state index is 0.111. The fourth-order valence-corrected chi connectivity index (χ4v) is 2.95. The maximum absolute atomic E-state index is 13.0. The number of imidazole rings is 1. The highest BCUT2D eigenvalue weighted by atomic mass is 19.4. The van der Waals surface area contributed by atoms with Gasteiger partial charge in [0.1, 0.15) is 0 Å². The van der Waals surface area contributed by atoms with Gasteiger partial charge in [-0.3, -0.25) is 13.9 Å². The molecule has 1 saturated heterocycles. The van der Waals surface area contributed by atoms with Gasteiger partial charge in [-0.25, -0.2) is 4.79 Å². The molecule has 0 atom stereocenters. The molecule has 2 aromatic heterocycles. The number of nitrogens with one attached hydrogen (secondary N) is 2. The summed E-state index contributed by atoms with van der Waals surface area (Å²) in [6, 6.07) is 0.177. The first-order valence-corrected chi connectivity index (χ1v) is 9.86. The molecule has 3 heterocycles. The molecule has 32 heavy (non-hydrogen) atoms. The van der Waals surface area contributed by atoms with Gasteiger partial charge in [-0.15, -0.1) is 5.92 Å². The Morgan fingerprint density at radius 2 is 1.88 bits per heavy atom. The first-order chi connectivity index (χ1) is 15.0. The molecule has 3 N–H and O–H groups in total. The van der Waals surface area contributed by atoms with Gasteiger partial charge in [-0.1, -0.05) is 5.92 Å². The number of aliphatic carboxylic acids is 1. The molecule has 1 aliphatic rings. The summed E-state index contributed by atoms with van der Waals surface area (Å²) in [6.07, 6.45) is -5.08. The maximum Gasteiger partial charge on any atom is 0.490 e. The van der Waals surface area contributed by atoms with E-state index in [9.17, 15) is 18.0 Å². The van der Waals surface area contributed by atoms with E-state index in [2.05, 4.69) is 37.3 Å². The lowest BCUT2D eigenvalue weighted by molar-refractivity contribution is -0.192. The van der Waals surface area contributed by atoms with Crippen LogP contribution in [0.2, 0.25) is 0 Å². The van der Waals surface area contributed by atoms with E-state index < -0.39 is 12.1 Å². The van der Waals surface area contributed by atoms with Crippen LogP contribution in [-0.4, -0.2) is 68.6 Å². The average Bonchev–Trinajstić information content (AvgIpc) is 3.08. The second-order valence-electron chi connectivity index (χ2n) is 7.24. The maximum atomic E-state index is 13.0. The van der Waals surface area contributed by atoms with E-state index in [1.807, 2.05) is 18.4 Å². The minimum Gasteiger partial charge on any atom is -0.475 e. The van der Waals surface area contributed by atoms with Gasteiger partial charge >= 0.3 is 12.1 Å². The number of carbonyl (C=O) groups is 1. The normalized spacial score (nSPS) is 13.9. The van der Waals surface area contributed by atoms with Crippen LogP contribution in [0, 0.1) is 11.8 Å². The van der Waals surface area contributed by atoms with E-state index in [-0.39, 0.29) is 11.6 Å². The lowest BCUT2D eigenvalue weighted by Gasteiger charge is -2.28. The Bertz CT molecular complexity index is 1070. The highest BCUT2D eigenvalue weighted by molar-refractivity contribution is 5.76. The third kappa shape index (κ3) is 5.91. The number of carboxylic acid groups (broad SMARTS) is 1. The molecule has 1 fully saturated rings. The van der Waals surface area contributed by atoms with Gasteiger partial charge in [-0.05, 0) is 20.8 Å². The number of hydrogen-bond donors (Lipinski definition) is 3. The summed E-state index contributed by atoms with van der Waals surface area (Å²) in [4.78, 5) is 33.3. The van der Waals surface area contributed by atoms with E-state index in [4.69, 9.17) is 9.90 Å². The van der Waals surface area contributed by atoms with E-state index in [0.717, 1.165) is 32.1 Å². The average molecular weight is 457 g/mol. The Morgan fingerprint density at radius 1 is 1.28 bits per heavy atom. The molecule has 0 bridgehead atoms. The number of alkyl halides is 3. The van der Waals surface area contributed by atoms with Crippen molar-refractivity contribution in [3.63, 3.8) is 0 Å². The van der Waals surface area contributed by atoms with Gasteiger partial charge in [0, 0.05) is 39.3 Å². The molecule has 0 saturated carbocycles. The zero-order valence-electron chi connectivity index (χ0n) is 18.2. The molecule has 0 amide bonds. The van der Waals surface area contributed by atoms with Crippen LogP contribution in [0.15, 0.2) is 4.79 Å². The van der Waals surface area contributed by atoms with Crippen LogP contribution in [-0.2, 0) is 18.4 Å². The smallest absolute Gasteiger partial charge is 0.475 e. The monoisotopic (exact) mass is 457 g/mol. The Balaban J connectivity index is 0.000000451. The third-order valence-electron chi connectivity index (χ3n) is 4.44. The quantitative estimate of drug-likeness (QED) is 0.583. The van der Waals surface area contributed by atoms with Crippen LogP contribution in [0.5, 0.6) is 0 Å². The summed E-state index contributed by atoms with van der Waals surface area (Å²) in [5.41, 5.74) is 0.866. The molecule has 2 aromatic rings. The lowest BCUT2D eigenvalue weighted by Crippen LogP contribution is -2.44. The van der Waals surface area contributed by atoms with Crippen LogP contribution in [0.3, 0.4) is 0 Å². The van der Waals surface area contributed by atoms with E-state index >= 15 is 0 Å². The van der Waals surface area contributed by atoms with Crippen LogP contribution in [0.25, 0.3) is 11.2 Å². The van der Waals surface area contributed by atoms with Crippen molar-refractivity contribution in [1.82, 2.24) is 24.4 Å². The van der Waals surface area contributed by atoms with E-state index in [1.54, 1.807) is 18.5 Å². The molecule has 0 spiro atoms. The summed E-state index contributed by atoms with van der Waals surface area (Å²) in [7, 11) is 1.73. The molecule has 1 aliphatic heterocycles. The zero-order valence-corrected chi connectivity index (χ0v) is 18.2. The molecule has 0 radical (unpaired) electrons. The van der Waals surface area contributed by atoms with Gasteiger partial charge in [0.05, 0.1) is 6.54 Å². The topological polar surface area (TPSA) is 117 Å². The highest BCUT2D eigenvalue weighted by Gasteiger charge is 2.38. The Kier molecular flexibility index (Phi) is 8.09. The number of aromatic nitrogens is 4. The summed E-state index contributed by atoms with van der Waals surface area (Å²) in [6.45, 7) is 9.74. The Hall–Kier alpha value is -3.27. The van der Waals surface area contributed by atoms with Crippen LogP contribution in [0.1, 0.15) is 20.8 Å². The van der Waals surface area contributed by atoms with Crippen molar-refractivity contribution < 1.29 is 23.1 Å². The number of carboxylic acids is 1. The van der Waals surface area contributed by atoms with Crippen molar-refractivity contribution >= 4 is 29.0 Å². The number of hydrogen-bond acceptors (Lipinski definition) is 7. The molecule has 13 heteroatoms. The first-order valence-electron chi connectivity index (χ1n) is 9.86. The number of rotatable bonds is 4. The molecule has 3 rings (SSSR count). The molecule has 176 valence electrons. The first kappa shape index (κ1) is 25.0. The van der Waals surface area contributed by atoms with Crippen molar-refractivity contribution in [2.24, 2.45) is 7.05 Å². The molecule has 0 aromatic carbocycles. The largest absolute Gasteiger partial charge is 0.490 e. The van der Waals surface area contributed by atoms with Crippen LogP contribution < -0.4 is 21.1 Å². The number of fused-ring (bicyclic) bond motifs is 1. The van der Waals surface area contributed by atoms with Crippen LogP contribution in [0.4, 0.5) is 25.1 Å². The summed E-state index contributed by atoms with van der Waals surface area (Å²) in [5, 5.41) is 13.7. The predicted octanol–water partition coefficient (Wildman–Crippen LogP) is 1.02. The molecular weight excluding hydrogens is 431 g/mol. The zero-order chi connectivity index (χ0) is 24.1. The molecule has 0 unspecified atom stereocenters. The fourth-order valence-electron chi connectivity index (χ4n) is 2.95. The molecular formula is C19H26F3N7O3. The number of nitrogens with zero attached hydrogens (tertiary/aromatic N) is 5. The summed E-state index contributed by atoms with van der Waals surface area (Å²) >= 11 is 0. The van der Waals surface area contributed by atoms with Gasteiger partial charge in [0.25, 0.3) is 5.56 Å². The number of halogens is 3. The van der Waals surface area contributed by atoms with Gasteiger partial charge in [0.15, 0.2) is 11.2 Å². The minimum atomic E-state index is -5.08. The Labute approximate surface area is 182 Å². The summed E-state index contributed by atoms with van der Waals surface area (Å²) in [5.74, 6) is 4.50. The second kappa shape index (κ2) is 10.4. The SMILES string of the molecule is CC#CCn1c(N2CCNCC2)nc2nc(NC(C)C)n(C)c(=O)c21.O=C(O)C(F)(F)F. The second-order valence-corrected chi connectivity index (χ2v) is 7.24. The van der Waals surface area contributed by atoms with Crippen molar-refractivity contribution in [2.45, 2.75) is 39.5 Å². The van der Waals surface area contributed by atoms with E-state index in [1.165, 1.54) is 0 Å². The molecule has 10 nitrogen and oxygen atoms in total. The van der Waals surface area contributed by atoms with Crippen LogP contribution >= 0.6 is 0 Å². The number of anilines is 2.